The van der Waals surface area contributed by atoms with E-state index in [4.69, 9.17) is 0 Å². The van der Waals surface area contributed by atoms with Gasteiger partial charge >= 0.3 is 5.97 Å². The first-order chi connectivity index (χ1) is 13.4. The molecule has 2 N–H and O–H groups in total. The van der Waals surface area contributed by atoms with Crippen LogP contribution in [-0.4, -0.2) is 46.9 Å². The van der Waals surface area contributed by atoms with Crippen LogP contribution in [0.3, 0.4) is 0 Å². The Morgan fingerprint density at radius 1 is 1.04 bits per heavy atom. The normalized spacial score (nSPS) is 16.2. The second-order valence-corrected chi connectivity index (χ2v) is 7.66. The number of carboxylic acid groups (broad SMARTS) is 1. The molecule has 0 unspecified atom stereocenters. The van der Waals surface area contributed by atoms with Gasteiger partial charge in [-0.05, 0) is 35.6 Å². The minimum Gasteiger partial charge on any atom is -0.480 e. The predicted molar refractivity (Wildman–Crippen MR) is 107 cm³/mol. The Bertz CT molecular complexity index is 880. The van der Waals surface area contributed by atoms with Crippen molar-refractivity contribution in [3.05, 3.63) is 48.0 Å². The molecule has 1 atom stereocenters. The Labute approximate surface area is 164 Å². The highest BCUT2D eigenvalue weighted by Gasteiger charge is 2.31. The van der Waals surface area contributed by atoms with Crippen molar-refractivity contribution >= 4 is 28.6 Å². The van der Waals surface area contributed by atoms with Crippen LogP contribution in [0.5, 0.6) is 0 Å². The molecule has 3 rings (SSSR count). The lowest BCUT2D eigenvalue weighted by atomic mass is 9.93. The number of benzene rings is 2. The Balaban J connectivity index is 1.64. The number of nitrogens with one attached hydrogen (secondary N) is 1. The second kappa shape index (κ2) is 8.42. The Morgan fingerprint density at radius 2 is 1.68 bits per heavy atom. The zero-order chi connectivity index (χ0) is 20.3. The molecule has 6 heteroatoms. The first kappa shape index (κ1) is 19.9. The first-order valence-electron chi connectivity index (χ1n) is 9.68. The molecule has 1 fully saturated rings. The summed E-state index contributed by atoms with van der Waals surface area (Å²) in [4.78, 5) is 38.5. The molecule has 0 saturated carbocycles. The van der Waals surface area contributed by atoms with E-state index >= 15 is 0 Å². The number of piperidine rings is 1. The number of rotatable bonds is 5. The molecular weight excluding hydrogens is 356 g/mol. The van der Waals surface area contributed by atoms with Crippen LogP contribution >= 0.6 is 0 Å². The van der Waals surface area contributed by atoms with Crippen molar-refractivity contribution in [2.75, 3.05) is 13.1 Å². The van der Waals surface area contributed by atoms with Gasteiger partial charge in [0.25, 0.3) is 5.91 Å². The molecule has 148 valence electrons. The highest BCUT2D eigenvalue weighted by molar-refractivity contribution is 6.07. The maximum absolute atomic E-state index is 13.0. The maximum Gasteiger partial charge on any atom is 0.326 e. The topological polar surface area (TPSA) is 86.7 Å². The van der Waals surface area contributed by atoms with Gasteiger partial charge in [-0.25, -0.2) is 4.79 Å². The van der Waals surface area contributed by atoms with Gasteiger partial charge in [0.15, 0.2) is 0 Å². The minimum absolute atomic E-state index is 0.0266. The smallest absolute Gasteiger partial charge is 0.326 e. The maximum atomic E-state index is 13.0. The van der Waals surface area contributed by atoms with Crippen LogP contribution in [0.1, 0.15) is 37.0 Å². The van der Waals surface area contributed by atoms with Crippen molar-refractivity contribution in [3.8, 4) is 0 Å². The van der Waals surface area contributed by atoms with Gasteiger partial charge in [0.2, 0.25) is 5.91 Å². The largest absolute Gasteiger partial charge is 0.480 e. The van der Waals surface area contributed by atoms with Gasteiger partial charge in [-0.2, -0.15) is 0 Å². The summed E-state index contributed by atoms with van der Waals surface area (Å²) in [5, 5.41) is 13.8. The molecule has 0 bridgehead atoms. The van der Waals surface area contributed by atoms with Gasteiger partial charge in [-0.1, -0.05) is 50.2 Å². The molecular formula is C22H26N2O4. The summed E-state index contributed by atoms with van der Waals surface area (Å²) in [5.41, 5.74) is 0.673. The number of carbonyl (C=O) groups is 3. The van der Waals surface area contributed by atoms with E-state index in [0.29, 0.717) is 31.5 Å². The van der Waals surface area contributed by atoms with Gasteiger partial charge in [0, 0.05) is 24.6 Å². The van der Waals surface area contributed by atoms with E-state index in [9.17, 15) is 19.5 Å². The van der Waals surface area contributed by atoms with Crippen molar-refractivity contribution in [1.29, 1.82) is 0 Å². The minimum atomic E-state index is -1.02. The summed E-state index contributed by atoms with van der Waals surface area (Å²) in [5.74, 6) is -1.74. The zero-order valence-corrected chi connectivity index (χ0v) is 16.2. The summed E-state index contributed by atoms with van der Waals surface area (Å²) >= 11 is 0. The number of hydrogen-bond donors (Lipinski definition) is 2. The van der Waals surface area contributed by atoms with Crippen molar-refractivity contribution in [3.63, 3.8) is 0 Å². The van der Waals surface area contributed by atoms with Crippen LogP contribution in [-0.2, 0) is 9.59 Å². The highest BCUT2D eigenvalue weighted by atomic mass is 16.4. The van der Waals surface area contributed by atoms with Crippen molar-refractivity contribution < 1.29 is 19.5 Å². The van der Waals surface area contributed by atoms with Crippen LogP contribution in [0.25, 0.3) is 10.8 Å². The molecule has 1 saturated heterocycles. The molecule has 2 amide bonds. The third-order valence-electron chi connectivity index (χ3n) is 5.40. The van der Waals surface area contributed by atoms with E-state index in [1.165, 1.54) is 0 Å². The van der Waals surface area contributed by atoms with Crippen LogP contribution in [0.4, 0.5) is 0 Å². The number of carbonyl (C=O) groups excluding carboxylic acids is 2. The van der Waals surface area contributed by atoms with Gasteiger partial charge in [-0.15, -0.1) is 0 Å². The zero-order valence-electron chi connectivity index (χ0n) is 16.2. The Hall–Kier alpha value is -2.89. The molecule has 1 aliphatic heterocycles. The van der Waals surface area contributed by atoms with Crippen LogP contribution in [0, 0.1) is 11.8 Å². The standard InChI is InChI=1S/C22H26N2O4/c1-14(2)19(22(27)28)23-20(25)16-10-12-24(13-11-16)21(26)18-9-5-7-15-6-3-4-8-17(15)18/h3-9,14,16,19H,10-13H2,1-2H3,(H,23,25)(H,27,28)/t19-/m0/s1. The lowest BCUT2D eigenvalue weighted by Crippen LogP contribution is -2.49. The molecule has 0 spiro atoms. The molecule has 2 aromatic carbocycles. The van der Waals surface area contributed by atoms with Crippen molar-refractivity contribution in [2.24, 2.45) is 11.8 Å². The summed E-state index contributed by atoms with van der Waals surface area (Å²) in [6.07, 6.45) is 1.07. The number of fused-ring (bicyclic) bond motifs is 1. The lowest BCUT2D eigenvalue weighted by Gasteiger charge is -2.32. The lowest BCUT2D eigenvalue weighted by molar-refractivity contribution is -0.144. The van der Waals surface area contributed by atoms with Crippen LogP contribution < -0.4 is 5.32 Å². The fourth-order valence-corrected chi connectivity index (χ4v) is 3.71. The molecule has 0 aromatic heterocycles. The van der Waals surface area contributed by atoms with Gasteiger partial charge in [0.1, 0.15) is 6.04 Å². The fourth-order valence-electron chi connectivity index (χ4n) is 3.71. The molecule has 1 heterocycles. The molecule has 28 heavy (non-hydrogen) atoms. The third kappa shape index (κ3) is 4.16. The highest BCUT2D eigenvalue weighted by Crippen LogP contribution is 2.24. The van der Waals surface area contributed by atoms with Crippen molar-refractivity contribution in [1.82, 2.24) is 10.2 Å². The average Bonchev–Trinajstić information content (AvgIpc) is 2.70. The Morgan fingerprint density at radius 3 is 2.32 bits per heavy atom. The molecule has 0 radical (unpaired) electrons. The first-order valence-corrected chi connectivity index (χ1v) is 9.68. The second-order valence-electron chi connectivity index (χ2n) is 7.66. The van der Waals surface area contributed by atoms with E-state index in [0.717, 1.165) is 10.8 Å². The van der Waals surface area contributed by atoms with Gasteiger partial charge < -0.3 is 15.3 Å². The monoisotopic (exact) mass is 382 g/mol. The molecule has 0 aliphatic carbocycles. The van der Waals surface area contributed by atoms with Crippen LogP contribution in [0.15, 0.2) is 42.5 Å². The number of nitrogens with zero attached hydrogens (tertiary/aromatic N) is 1. The van der Waals surface area contributed by atoms with E-state index in [2.05, 4.69) is 5.32 Å². The van der Waals surface area contributed by atoms with Gasteiger partial charge in [0.05, 0.1) is 0 Å². The third-order valence-corrected chi connectivity index (χ3v) is 5.40. The number of carboxylic acids is 1. The number of aliphatic carboxylic acids is 1. The number of amides is 2. The predicted octanol–water partition coefficient (Wildman–Crippen LogP) is 2.92. The summed E-state index contributed by atoms with van der Waals surface area (Å²) in [6, 6.07) is 12.6. The number of hydrogen-bond acceptors (Lipinski definition) is 3. The van der Waals surface area contributed by atoms with E-state index < -0.39 is 12.0 Å². The number of likely N-dealkylation sites (tertiary alicyclic amines) is 1. The van der Waals surface area contributed by atoms with Crippen molar-refractivity contribution in [2.45, 2.75) is 32.7 Å². The molecule has 1 aliphatic rings. The Kier molecular flexibility index (Phi) is 5.97. The average molecular weight is 382 g/mol. The summed E-state index contributed by atoms with van der Waals surface area (Å²) in [6.45, 7) is 4.51. The van der Waals surface area contributed by atoms with Gasteiger partial charge in [-0.3, -0.25) is 9.59 Å². The van der Waals surface area contributed by atoms with E-state index in [1.54, 1.807) is 18.7 Å². The van der Waals surface area contributed by atoms with Crippen LogP contribution in [0.2, 0.25) is 0 Å². The molecule has 6 nitrogen and oxygen atoms in total. The summed E-state index contributed by atoms with van der Waals surface area (Å²) < 4.78 is 0. The van der Waals surface area contributed by atoms with E-state index in [1.807, 2.05) is 42.5 Å². The fraction of sp³-hybridized carbons (Fsp3) is 0.409. The summed E-state index contributed by atoms with van der Waals surface area (Å²) in [7, 11) is 0. The SMILES string of the molecule is CC(C)[C@H](NC(=O)C1CCN(C(=O)c2cccc3ccccc23)CC1)C(=O)O. The quantitative estimate of drug-likeness (QED) is 0.832. The molecule has 2 aromatic rings. The van der Waals surface area contributed by atoms with E-state index in [-0.39, 0.29) is 23.7 Å².